The van der Waals surface area contributed by atoms with Gasteiger partial charge in [0.1, 0.15) is 6.33 Å². The Hall–Kier alpha value is -1.49. The molecule has 0 aliphatic heterocycles. The summed E-state index contributed by atoms with van der Waals surface area (Å²) in [5.41, 5.74) is 0.747. The summed E-state index contributed by atoms with van der Waals surface area (Å²) in [5, 5.41) is 6.40. The molecule has 0 bridgehead atoms. The Morgan fingerprint density at radius 1 is 1.33 bits per heavy atom. The molecule has 5 heteroatoms. The molecule has 0 spiro atoms. The van der Waals surface area contributed by atoms with E-state index in [1.165, 1.54) is 6.33 Å². The van der Waals surface area contributed by atoms with Crippen molar-refractivity contribution in [1.29, 1.82) is 0 Å². The van der Waals surface area contributed by atoms with Crippen molar-refractivity contribution in [2.75, 3.05) is 7.05 Å². The van der Waals surface area contributed by atoms with Gasteiger partial charge in [-0.05, 0) is 39.7 Å². The number of hydrogen-bond acceptors (Lipinski definition) is 4. The fourth-order valence-electron chi connectivity index (χ4n) is 2.33. The largest absolute Gasteiger partial charge is 0.349 e. The number of nitrogens with one attached hydrogen (secondary N) is 2. The van der Waals surface area contributed by atoms with Gasteiger partial charge in [0.15, 0.2) is 0 Å². The van der Waals surface area contributed by atoms with Crippen LogP contribution in [0.15, 0.2) is 18.7 Å². The summed E-state index contributed by atoms with van der Waals surface area (Å²) in [7, 11) is 2.00. The van der Waals surface area contributed by atoms with Crippen molar-refractivity contribution in [3.63, 3.8) is 0 Å². The van der Waals surface area contributed by atoms with E-state index in [-0.39, 0.29) is 17.5 Å². The van der Waals surface area contributed by atoms with E-state index in [1.54, 1.807) is 12.4 Å². The lowest BCUT2D eigenvalue weighted by Gasteiger charge is -2.37. The molecule has 1 aliphatic rings. The third kappa shape index (κ3) is 3.04. The zero-order valence-electron chi connectivity index (χ0n) is 10.9. The molecule has 1 aromatic rings. The Labute approximate surface area is 107 Å². The van der Waals surface area contributed by atoms with Gasteiger partial charge in [-0.2, -0.15) is 0 Å². The van der Waals surface area contributed by atoms with Gasteiger partial charge in [0.25, 0.3) is 5.91 Å². The first kappa shape index (κ1) is 13.0. The van der Waals surface area contributed by atoms with E-state index in [4.69, 9.17) is 0 Å². The molecular formula is C13H20N4O. The number of amides is 1. The predicted octanol–water partition coefficient (Wildman–Crippen LogP) is 1.13. The van der Waals surface area contributed by atoms with Crippen LogP contribution in [0.2, 0.25) is 0 Å². The van der Waals surface area contributed by atoms with Crippen molar-refractivity contribution in [1.82, 2.24) is 20.6 Å². The van der Waals surface area contributed by atoms with Crippen LogP contribution in [0.3, 0.4) is 0 Å². The van der Waals surface area contributed by atoms with Crippen molar-refractivity contribution >= 4 is 5.91 Å². The molecule has 18 heavy (non-hydrogen) atoms. The molecule has 0 aromatic carbocycles. The van der Waals surface area contributed by atoms with Crippen molar-refractivity contribution in [2.24, 2.45) is 0 Å². The predicted molar refractivity (Wildman–Crippen MR) is 69.2 cm³/mol. The van der Waals surface area contributed by atoms with Gasteiger partial charge in [0, 0.05) is 24.0 Å². The molecule has 1 amide bonds. The molecule has 0 radical (unpaired) electrons. The van der Waals surface area contributed by atoms with Crippen LogP contribution in [0.4, 0.5) is 0 Å². The van der Waals surface area contributed by atoms with E-state index in [2.05, 4.69) is 27.5 Å². The van der Waals surface area contributed by atoms with Crippen LogP contribution >= 0.6 is 0 Å². The maximum Gasteiger partial charge on any atom is 0.254 e. The molecule has 2 N–H and O–H groups in total. The zero-order valence-corrected chi connectivity index (χ0v) is 10.9. The fraction of sp³-hybridized carbons (Fsp3) is 0.615. The van der Waals surface area contributed by atoms with Crippen LogP contribution in [0.5, 0.6) is 0 Å². The first-order valence-corrected chi connectivity index (χ1v) is 6.38. The summed E-state index contributed by atoms with van der Waals surface area (Å²) >= 11 is 0. The lowest BCUT2D eigenvalue weighted by Crippen LogP contribution is -2.48. The average Bonchev–Trinajstić information content (AvgIpc) is 2.42. The summed E-state index contributed by atoms with van der Waals surface area (Å²) in [4.78, 5) is 19.6. The number of carbonyl (C=O) groups is 1. The van der Waals surface area contributed by atoms with Gasteiger partial charge in [0.05, 0.1) is 5.56 Å². The SMILES string of the molecule is CNC1(C)CCC(NC(=O)c2cncnc2)CC1. The van der Waals surface area contributed by atoms with Crippen LogP contribution in [-0.4, -0.2) is 34.5 Å². The van der Waals surface area contributed by atoms with E-state index in [1.807, 2.05) is 7.05 Å². The molecule has 2 rings (SSSR count). The third-order valence-corrected chi connectivity index (χ3v) is 3.85. The number of hydrogen-bond donors (Lipinski definition) is 2. The topological polar surface area (TPSA) is 66.9 Å². The maximum absolute atomic E-state index is 11.9. The Morgan fingerprint density at radius 2 is 1.94 bits per heavy atom. The molecule has 1 saturated carbocycles. The highest BCUT2D eigenvalue weighted by atomic mass is 16.1. The fourth-order valence-corrected chi connectivity index (χ4v) is 2.33. The second-order valence-corrected chi connectivity index (χ2v) is 5.19. The van der Waals surface area contributed by atoms with Gasteiger partial charge in [-0.3, -0.25) is 4.79 Å². The monoisotopic (exact) mass is 248 g/mol. The quantitative estimate of drug-likeness (QED) is 0.841. The third-order valence-electron chi connectivity index (χ3n) is 3.85. The second-order valence-electron chi connectivity index (χ2n) is 5.19. The van der Waals surface area contributed by atoms with Crippen molar-refractivity contribution in [3.05, 3.63) is 24.3 Å². The molecule has 0 saturated heterocycles. The van der Waals surface area contributed by atoms with Crippen LogP contribution < -0.4 is 10.6 Å². The molecule has 5 nitrogen and oxygen atoms in total. The minimum absolute atomic E-state index is 0.0753. The van der Waals surface area contributed by atoms with Gasteiger partial charge in [-0.25, -0.2) is 9.97 Å². The number of rotatable bonds is 3. The maximum atomic E-state index is 11.9. The highest BCUT2D eigenvalue weighted by molar-refractivity contribution is 5.93. The summed E-state index contributed by atoms with van der Waals surface area (Å²) in [6, 6.07) is 0.263. The van der Waals surface area contributed by atoms with Crippen LogP contribution in [-0.2, 0) is 0 Å². The minimum Gasteiger partial charge on any atom is -0.349 e. The standard InChI is InChI=1S/C13H20N4O/c1-13(14-2)5-3-11(4-6-13)17-12(18)10-7-15-9-16-8-10/h7-9,11,14H,3-6H2,1-2H3,(H,17,18). The second kappa shape index (κ2) is 5.44. The van der Waals surface area contributed by atoms with Crippen LogP contribution in [0.25, 0.3) is 0 Å². The van der Waals surface area contributed by atoms with E-state index >= 15 is 0 Å². The van der Waals surface area contributed by atoms with Crippen LogP contribution in [0.1, 0.15) is 43.0 Å². The smallest absolute Gasteiger partial charge is 0.254 e. The lowest BCUT2D eigenvalue weighted by molar-refractivity contribution is 0.0915. The molecule has 0 unspecified atom stereocenters. The Kier molecular flexibility index (Phi) is 3.91. The molecule has 98 valence electrons. The lowest BCUT2D eigenvalue weighted by atomic mass is 9.81. The minimum atomic E-state index is -0.0753. The van der Waals surface area contributed by atoms with E-state index in [9.17, 15) is 4.79 Å². The Balaban J connectivity index is 1.87. The number of aromatic nitrogens is 2. The Morgan fingerprint density at radius 3 is 2.50 bits per heavy atom. The van der Waals surface area contributed by atoms with Gasteiger partial charge < -0.3 is 10.6 Å². The molecule has 1 aromatic heterocycles. The normalized spacial score (nSPS) is 27.8. The summed E-state index contributed by atoms with van der Waals surface area (Å²) < 4.78 is 0. The average molecular weight is 248 g/mol. The summed E-state index contributed by atoms with van der Waals surface area (Å²) in [5.74, 6) is -0.0753. The number of nitrogens with zero attached hydrogens (tertiary/aromatic N) is 2. The van der Waals surface area contributed by atoms with Gasteiger partial charge >= 0.3 is 0 Å². The Bertz CT molecular complexity index is 399. The summed E-state index contributed by atoms with van der Waals surface area (Å²) in [6.45, 7) is 2.23. The van der Waals surface area contributed by atoms with Gasteiger partial charge in [-0.15, -0.1) is 0 Å². The van der Waals surface area contributed by atoms with Crippen molar-refractivity contribution in [2.45, 2.75) is 44.2 Å². The number of carbonyl (C=O) groups excluding carboxylic acids is 1. The first-order valence-electron chi connectivity index (χ1n) is 6.38. The van der Waals surface area contributed by atoms with Crippen molar-refractivity contribution in [3.8, 4) is 0 Å². The van der Waals surface area contributed by atoms with E-state index in [0.717, 1.165) is 25.7 Å². The molecule has 1 aliphatic carbocycles. The van der Waals surface area contributed by atoms with Gasteiger partial charge in [0.2, 0.25) is 0 Å². The molecule has 1 heterocycles. The first-order chi connectivity index (χ1) is 8.63. The zero-order chi connectivity index (χ0) is 13.0. The van der Waals surface area contributed by atoms with E-state index in [0.29, 0.717) is 5.56 Å². The summed E-state index contributed by atoms with van der Waals surface area (Å²) in [6.07, 6.45) is 8.70. The molecular weight excluding hydrogens is 228 g/mol. The molecule has 1 fully saturated rings. The highest BCUT2D eigenvalue weighted by Gasteiger charge is 2.30. The van der Waals surface area contributed by atoms with Crippen LogP contribution in [0, 0.1) is 0 Å². The van der Waals surface area contributed by atoms with E-state index < -0.39 is 0 Å². The molecule has 0 atom stereocenters. The van der Waals surface area contributed by atoms with Crippen molar-refractivity contribution < 1.29 is 4.79 Å². The van der Waals surface area contributed by atoms with Gasteiger partial charge in [-0.1, -0.05) is 0 Å². The highest BCUT2D eigenvalue weighted by Crippen LogP contribution is 2.27.